The van der Waals surface area contributed by atoms with E-state index in [1.807, 2.05) is 48.5 Å². The van der Waals surface area contributed by atoms with Gasteiger partial charge in [-0.1, -0.05) is 76.1 Å². The monoisotopic (exact) mass is 429 g/mol. The van der Waals surface area contributed by atoms with Crippen LogP contribution in [0.3, 0.4) is 0 Å². The molecule has 0 radical (unpaired) electrons. The molecule has 0 atom stereocenters. The summed E-state index contributed by atoms with van der Waals surface area (Å²) in [6, 6.07) is 20.9. The molecule has 0 saturated carbocycles. The van der Waals surface area contributed by atoms with Gasteiger partial charge in [0.2, 0.25) is 0 Å². The highest BCUT2D eigenvalue weighted by Gasteiger charge is 2.15. The molecule has 0 heterocycles. The van der Waals surface area contributed by atoms with Gasteiger partial charge < -0.3 is 5.32 Å². The molecular weight excluding hydrogens is 417 g/mol. The number of halogens is 3. The minimum atomic E-state index is -0.516. The molecule has 1 N–H and O–H groups in total. The normalized spacial score (nSPS) is 11.3. The van der Waals surface area contributed by atoms with Gasteiger partial charge in [-0.15, -0.1) is 0 Å². The maximum atomic E-state index is 14.1. The van der Waals surface area contributed by atoms with Crippen molar-refractivity contribution in [1.29, 1.82) is 0 Å². The van der Waals surface area contributed by atoms with Crippen LogP contribution in [0, 0.1) is 5.82 Å². The van der Waals surface area contributed by atoms with Gasteiger partial charge >= 0.3 is 0 Å². The number of carbonyl (C=O) groups is 1. The van der Waals surface area contributed by atoms with E-state index < -0.39 is 11.7 Å². The Labute approximate surface area is 164 Å². The average Bonchev–Trinajstić information content (AvgIpc) is 2.64. The zero-order valence-electron chi connectivity index (χ0n) is 13.5. The molecule has 5 heteroatoms. The van der Waals surface area contributed by atoms with E-state index in [-0.39, 0.29) is 5.69 Å². The molecule has 1 amide bonds. The largest absolute Gasteiger partial charge is 0.319 e. The molecule has 130 valence electrons. The zero-order chi connectivity index (χ0) is 18.5. The van der Waals surface area contributed by atoms with Crippen molar-refractivity contribution >= 4 is 50.8 Å². The molecule has 3 aromatic rings. The van der Waals surface area contributed by atoms with Crippen molar-refractivity contribution in [1.82, 2.24) is 0 Å². The van der Waals surface area contributed by atoms with Crippen LogP contribution < -0.4 is 5.32 Å². The number of rotatable bonds is 4. The first-order valence-corrected chi connectivity index (χ1v) is 9.00. The summed E-state index contributed by atoms with van der Waals surface area (Å²) in [7, 11) is 0. The summed E-state index contributed by atoms with van der Waals surface area (Å²) in [5, 5.41) is 3.16. The lowest BCUT2D eigenvalue weighted by atomic mass is 10.0. The van der Waals surface area contributed by atoms with Gasteiger partial charge in [0.25, 0.3) is 5.91 Å². The summed E-state index contributed by atoms with van der Waals surface area (Å²) in [6.45, 7) is 0. The quantitative estimate of drug-likeness (QED) is 0.375. The van der Waals surface area contributed by atoms with E-state index in [0.29, 0.717) is 26.2 Å². The molecule has 0 unspecified atom stereocenters. The molecule has 0 aliphatic heterocycles. The van der Waals surface area contributed by atoms with Crippen molar-refractivity contribution in [3.8, 4) is 0 Å². The van der Waals surface area contributed by atoms with Gasteiger partial charge in [-0.25, -0.2) is 4.39 Å². The van der Waals surface area contributed by atoms with Crippen LogP contribution in [0.15, 0.2) is 77.3 Å². The first kappa shape index (κ1) is 18.4. The minimum absolute atomic E-state index is 0.110. The summed E-state index contributed by atoms with van der Waals surface area (Å²) in [4.78, 5) is 12.9. The fourth-order valence-corrected chi connectivity index (χ4v) is 2.95. The fourth-order valence-electron chi connectivity index (χ4n) is 2.43. The number of anilines is 1. The van der Waals surface area contributed by atoms with Gasteiger partial charge in [-0.2, -0.15) is 0 Å². The molecule has 0 aliphatic rings. The van der Waals surface area contributed by atoms with Gasteiger partial charge in [0.15, 0.2) is 0 Å². The Hall–Kier alpha value is -2.43. The number of hydrogen-bond acceptors (Lipinski definition) is 1. The highest BCUT2D eigenvalue weighted by atomic mass is 79.9. The second-order valence-corrected chi connectivity index (χ2v) is 6.85. The lowest BCUT2D eigenvalue weighted by Crippen LogP contribution is -2.14. The minimum Gasteiger partial charge on any atom is -0.319 e. The third-order valence-electron chi connectivity index (χ3n) is 3.71. The molecule has 0 saturated heterocycles. The molecule has 2 nitrogen and oxygen atoms in total. The van der Waals surface area contributed by atoms with Crippen LogP contribution in [-0.4, -0.2) is 5.91 Å². The Morgan fingerprint density at radius 1 is 1.00 bits per heavy atom. The molecule has 0 spiro atoms. The van der Waals surface area contributed by atoms with Crippen LogP contribution >= 0.6 is 27.5 Å². The van der Waals surface area contributed by atoms with Crippen LogP contribution in [-0.2, 0) is 4.79 Å². The van der Waals surface area contributed by atoms with Crippen molar-refractivity contribution in [3.63, 3.8) is 0 Å². The van der Waals surface area contributed by atoms with Crippen LogP contribution in [0.4, 0.5) is 10.1 Å². The highest BCUT2D eigenvalue weighted by molar-refractivity contribution is 9.10. The standard InChI is InChI=1S/C21H14BrClFNO/c22-16-10-11-20(19(24)13-16)25-21(26)17(14-6-2-1-3-7-14)12-15-8-4-5-9-18(15)23/h1-13H,(H,25,26)/b17-12+. The summed E-state index contributed by atoms with van der Waals surface area (Å²) >= 11 is 9.42. The van der Waals surface area contributed by atoms with Gasteiger partial charge in [0, 0.05) is 15.1 Å². The van der Waals surface area contributed by atoms with E-state index in [2.05, 4.69) is 21.2 Å². The van der Waals surface area contributed by atoms with E-state index in [4.69, 9.17) is 11.6 Å². The number of nitrogens with one attached hydrogen (secondary N) is 1. The van der Waals surface area contributed by atoms with Crippen molar-refractivity contribution in [2.75, 3.05) is 5.32 Å². The number of amides is 1. The zero-order valence-corrected chi connectivity index (χ0v) is 15.9. The van der Waals surface area contributed by atoms with Gasteiger partial charge in [0.1, 0.15) is 5.82 Å². The Morgan fingerprint density at radius 3 is 2.38 bits per heavy atom. The molecule has 0 bridgehead atoms. The maximum absolute atomic E-state index is 14.1. The average molecular weight is 431 g/mol. The van der Waals surface area contributed by atoms with Gasteiger partial charge in [-0.3, -0.25) is 4.79 Å². The third-order valence-corrected chi connectivity index (χ3v) is 4.55. The van der Waals surface area contributed by atoms with Crippen LogP contribution in [0.2, 0.25) is 5.02 Å². The Balaban J connectivity index is 2.01. The summed E-state index contributed by atoms with van der Waals surface area (Å²) in [5.74, 6) is -0.935. The second-order valence-electron chi connectivity index (χ2n) is 5.52. The van der Waals surface area contributed by atoms with Gasteiger partial charge in [0.05, 0.1) is 5.69 Å². The van der Waals surface area contributed by atoms with E-state index in [0.717, 1.165) is 0 Å². The Kier molecular flexibility index (Phi) is 5.86. The van der Waals surface area contributed by atoms with Crippen molar-refractivity contribution < 1.29 is 9.18 Å². The SMILES string of the molecule is O=C(Nc1ccc(Br)cc1F)/C(=C/c1ccccc1Cl)c1ccccc1. The summed E-state index contributed by atoms with van der Waals surface area (Å²) < 4.78 is 14.7. The van der Waals surface area contributed by atoms with Crippen molar-refractivity contribution in [3.05, 3.63) is 99.2 Å². The topological polar surface area (TPSA) is 29.1 Å². The third kappa shape index (κ3) is 4.40. The first-order valence-electron chi connectivity index (χ1n) is 7.82. The van der Waals surface area contributed by atoms with Gasteiger partial charge in [-0.05, 0) is 41.5 Å². The molecule has 26 heavy (non-hydrogen) atoms. The molecule has 0 aromatic heterocycles. The smallest absolute Gasteiger partial charge is 0.256 e. The van der Waals surface area contributed by atoms with Crippen LogP contribution in [0.1, 0.15) is 11.1 Å². The molecular formula is C21H14BrClFNO. The lowest BCUT2D eigenvalue weighted by molar-refractivity contribution is -0.111. The number of benzene rings is 3. The summed E-state index contributed by atoms with van der Waals surface area (Å²) in [6.07, 6.45) is 1.70. The second kappa shape index (κ2) is 8.30. The molecule has 0 aliphatic carbocycles. The lowest BCUT2D eigenvalue weighted by Gasteiger charge is -2.11. The maximum Gasteiger partial charge on any atom is 0.256 e. The van der Waals surface area contributed by atoms with Crippen molar-refractivity contribution in [2.24, 2.45) is 0 Å². The molecule has 0 fully saturated rings. The van der Waals surface area contributed by atoms with Crippen LogP contribution in [0.5, 0.6) is 0 Å². The van der Waals surface area contributed by atoms with Crippen LogP contribution in [0.25, 0.3) is 11.6 Å². The van der Waals surface area contributed by atoms with E-state index in [9.17, 15) is 9.18 Å². The summed E-state index contributed by atoms with van der Waals surface area (Å²) in [5.41, 5.74) is 1.92. The first-order chi connectivity index (χ1) is 12.5. The molecule has 3 aromatic carbocycles. The molecule has 3 rings (SSSR count). The highest BCUT2D eigenvalue weighted by Crippen LogP contribution is 2.26. The number of carbonyl (C=O) groups excluding carboxylic acids is 1. The predicted octanol–water partition coefficient (Wildman–Crippen LogP) is 6.42. The van der Waals surface area contributed by atoms with E-state index >= 15 is 0 Å². The number of hydrogen-bond donors (Lipinski definition) is 1. The van der Waals surface area contributed by atoms with Crippen molar-refractivity contribution in [2.45, 2.75) is 0 Å². The Bertz CT molecular complexity index is 973. The van der Waals surface area contributed by atoms with E-state index in [1.165, 1.54) is 12.1 Å². The predicted molar refractivity (Wildman–Crippen MR) is 108 cm³/mol. The Morgan fingerprint density at radius 2 is 1.69 bits per heavy atom. The fraction of sp³-hybridized carbons (Fsp3) is 0. The van der Waals surface area contributed by atoms with E-state index in [1.54, 1.807) is 18.2 Å².